The fourth-order valence-electron chi connectivity index (χ4n) is 2.22. The largest absolute Gasteiger partial charge is 0.494 e. The van der Waals surface area contributed by atoms with Gasteiger partial charge in [0.1, 0.15) is 5.75 Å². The Hall–Kier alpha value is -1.02. The van der Waals surface area contributed by atoms with Crippen molar-refractivity contribution >= 4 is 0 Å². The SMILES string of the molecule is CCCCCCCOc1cccc(CNCC(C)(C)C)c1. The zero-order valence-corrected chi connectivity index (χ0v) is 14.4. The van der Waals surface area contributed by atoms with Gasteiger partial charge in [0, 0.05) is 13.1 Å². The van der Waals surface area contributed by atoms with Gasteiger partial charge < -0.3 is 10.1 Å². The molecule has 0 radical (unpaired) electrons. The van der Waals surface area contributed by atoms with Gasteiger partial charge in [-0.05, 0) is 29.5 Å². The van der Waals surface area contributed by atoms with Crippen molar-refractivity contribution < 1.29 is 4.74 Å². The zero-order chi connectivity index (χ0) is 15.6. The fourth-order valence-corrected chi connectivity index (χ4v) is 2.22. The quantitative estimate of drug-likeness (QED) is 0.600. The summed E-state index contributed by atoms with van der Waals surface area (Å²) in [5.74, 6) is 1.00. The monoisotopic (exact) mass is 291 g/mol. The summed E-state index contributed by atoms with van der Waals surface area (Å²) in [6, 6.07) is 8.45. The van der Waals surface area contributed by atoms with Crippen LogP contribution in [0.25, 0.3) is 0 Å². The van der Waals surface area contributed by atoms with Crippen molar-refractivity contribution in [2.75, 3.05) is 13.2 Å². The minimum atomic E-state index is 0.326. The highest BCUT2D eigenvalue weighted by Gasteiger charge is 2.08. The van der Waals surface area contributed by atoms with Crippen molar-refractivity contribution in [3.63, 3.8) is 0 Å². The second kappa shape index (κ2) is 9.83. The van der Waals surface area contributed by atoms with Gasteiger partial charge >= 0.3 is 0 Å². The van der Waals surface area contributed by atoms with Crippen molar-refractivity contribution in [2.45, 2.75) is 66.3 Å². The molecule has 0 aliphatic heterocycles. The van der Waals surface area contributed by atoms with Gasteiger partial charge in [0.05, 0.1) is 6.61 Å². The van der Waals surface area contributed by atoms with Crippen LogP contribution in [0.3, 0.4) is 0 Å². The smallest absolute Gasteiger partial charge is 0.119 e. The van der Waals surface area contributed by atoms with E-state index in [1.807, 2.05) is 0 Å². The highest BCUT2D eigenvalue weighted by Crippen LogP contribution is 2.15. The Morgan fingerprint density at radius 1 is 1.05 bits per heavy atom. The molecule has 1 rings (SSSR count). The van der Waals surface area contributed by atoms with Crippen molar-refractivity contribution in [2.24, 2.45) is 5.41 Å². The van der Waals surface area contributed by atoms with E-state index < -0.39 is 0 Å². The molecule has 0 aliphatic carbocycles. The van der Waals surface area contributed by atoms with E-state index in [0.717, 1.165) is 31.9 Å². The molecular weight excluding hydrogens is 258 g/mol. The highest BCUT2D eigenvalue weighted by molar-refractivity contribution is 5.28. The second-order valence-corrected chi connectivity index (χ2v) is 7.07. The molecule has 0 saturated carbocycles. The summed E-state index contributed by atoms with van der Waals surface area (Å²) >= 11 is 0. The van der Waals surface area contributed by atoms with Crippen LogP contribution in [0.5, 0.6) is 5.75 Å². The van der Waals surface area contributed by atoms with E-state index in [9.17, 15) is 0 Å². The summed E-state index contributed by atoms with van der Waals surface area (Å²) in [6.45, 7) is 11.8. The van der Waals surface area contributed by atoms with Crippen LogP contribution >= 0.6 is 0 Å². The lowest BCUT2D eigenvalue weighted by molar-refractivity contribution is 0.304. The molecule has 2 nitrogen and oxygen atoms in total. The summed E-state index contributed by atoms with van der Waals surface area (Å²) in [4.78, 5) is 0. The van der Waals surface area contributed by atoms with Gasteiger partial charge in [0.15, 0.2) is 0 Å². The average Bonchev–Trinajstić information content (AvgIpc) is 2.42. The first kappa shape index (κ1) is 18.0. The van der Waals surface area contributed by atoms with Crippen LogP contribution < -0.4 is 10.1 Å². The maximum Gasteiger partial charge on any atom is 0.119 e. The average molecular weight is 291 g/mol. The molecule has 0 amide bonds. The van der Waals surface area contributed by atoms with Gasteiger partial charge in [-0.25, -0.2) is 0 Å². The molecule has 0 heterocycles. The molecule has 120 valence electrons. The Kier molecular flexibility index (Phi) is 8.44. The first-order valence-electron chi connectivity index (χ1n) is 8.44. The number of hydrogen-bond donors (Lipinski definition) is 1. The molecule has 1 aromatic carbocycles. The standard InChI is InChI=1S/C19H33NO/c1-5-6-7-8-9-13-21-18-12-10-11-17(14-18)15-20-16-19(2,3)4/h10-12,14,20H,5-9,13,15-16H2,1-4H3. The Bertz CT molecular complexity index is 381. The fraction of sp³-hybridized carbons (Fsp3) is 0.684. The van der Waals surface area contributed by atoms with Crippen molar-refractivity contribution in [3.8, 4) is 5.75 Å². The van der Waals surface area contributed by atoms with Crippen molar-refractivity contribution in [1.82, 2.24) is 5.32 Å². The molecule has 0 saturated heterocycles. The third-order valence-corrected chi connectivity index (χ3v) is 3.40. The van der Waals surface area contributed by atoms with Gasteiger partial charge in [-0.15, -0.1) is 0 Å². The number of unbranched alkanes of at least 4 members (excludes halogenated alkanes) is 4. The molecule has 1 N–H and O–H groups in total. The van der Waals surface area contributed by atoms with E-state index in [0.29, 0.717) is 5.41 Å². The first-order valence-corrected chi connectivity index (χ1v) is 8.44. The lowest BCUT2D eigenvalue weighted by Gasteiger charge is -2.19. The molecule has 2 heteroatoms. The predicted octanol–water partition coefficient (Wildman–Crippen LogP) is 5.17. The molecular formula is C19H33NO. The third-order valence-electron chi connectivity index (χ3n) is 3.40. The van der Waals surface area contributed by atoms with Crippen molar-refractivity contribution in [1.29, 1.82) is 0 Å². The van der Waals surface area contributed by atoms with Gasteiger partial charge in [0.25, 0.3) is 0 Å². The molecule has 1 aromatic rings. The summed E-state index contributed by atoms with van der Waals surface area (Å²) in [5, 5.41) is 3.50. The summed E-state index contributed by atoms with van der Waals surface area (Å²) < 4.78 is 5.85. The Morgan fingerprint density at radius 2 is 1.81 bits per heavy atom. The van der Waals surface area contributed by atoms with E-state index in [-0.39, 0.29) is 0 Å². The van der Waals surface area contributed by atoms with Gasteiger partial charge in [-0.1, -0.05) is 65.5 Å². The van der Waals surface area contributed by atoms with Gasteiger partial charge in [-0.3, -0.25) is 0 Å². The van der Waals surface area contributed by atoms with Crippen LogP contribution in [-0.2, 0) is 6.54 Å². The van der Waals surface area contributed by atoms with E-state index >= 15 is 0 Å². The molecule has 0 spiro atoms. The van der Waals surface area contributed by atoms with Crippen LogP contribution in [0.15, 0.2) is 24.3 Å². The van der Waals surface area contributed by atoms with Crippen LogP contribution in [0.2, 0.25) is 0 Å². The maximum atomic E-state index is 5.85. The first-order chi connectivity index (χ1) is 10.0. The maximum absolute atomic E-state index is 5.85. The second-order valence-electron chi connectivity index (χ2n) is 7.07. The summed E-state index contributed by atoms with van der Waals surface area (Å²) in [7, 11) is 0. The molecule has 0 bridgehead atoms. The number of hydrogen-bond acceptors (Lipinski definition) is 2. The lowest BCUT2D eigenvalue weighted by Crippen LogP contribution is -2.26. The topological polar surface area (TPSA) is 21.3 Å². The highest BCUT2D eigenvalue weighted by atomic mass is 16.5. The van der Waals surface area contributed by atoms with Gasteiger partial charge in [-0.2, -0.15) is 0 Å². The number of rotatable bonds is 10. The molecule has 0 unspecified atom stereocenters. The Labute approximate surface area is 131 Å². The summed E-state index contributed by atoms with van der Waals surface area (Å²) in [5.41, 5.74) is 1.62. The lowest BCUT2D eigenvalue weighted by atomic mass is 9.97. The van der Waals surface area contributed by atoms with E-state index in [1.165, 1.54) is 31.2 Å². The number of benzene rings is 1. The van der Waals surface area contributed by atoms with E-state index in [1.54, 1.807) is 0 Å². The van der Waals surface area contributed by atoms with Crippen molar-refractivity contribution in [3.05, 3.63) is 29.8 Å². The number of ether oxygens (including phenoxy) is 1. The van der Waals surface area contributed by atoms with Crippen LogP contribution in [0, 0.1) is 5.41 Å². The Morgan fingerprint density at radius 3 is 2.52 bits per heavy atom. The van der Waals surface area contributed by atoms with Crippen LogP contribution in [-0.4, -0.2) is 13.2 Å². The minimum absolute atomic E-state index is 0.326. The molecule has 0 fully saturated rings. The van der Waals surface area contributed by atoms with Crippen LogP contribution in [0.1, 0.15) is 65.4 Å². The molecule has 0 aromatic heterocycles. The van der Waals surface area contributed by atoms with E-state index in [2.05, 4.69) is 57.3 Å². The van der Waals surface area contributed by atoms with Gasteiger partial charge in [0.2, 0.25) is 0 Å². The van der Waals surface area contributed by atoms with Crippen LogP contribution in [0.4, 0.5) is 0 Å². The number of nitrogens with one attached hydrogen (secondary N) is 1. The normalized spacial score (nSPS) is 11.6. The molecule has 0 aliphatic rings. The predicted molar refractivity (Wildman–Crippen MR) is 91.9 cm³/mol. The third kappa shape index (κ3) is 9.52. The zero-order valence-electron chi connectivity index (χ0n) is 14.4. The molecule has 21 heavy (non-hydrogen) atoms. The minimum Gasteiger partial charge on any atom is -0.494 e. The molecule has 0 atom stereocenters. The van der Waals surface area contributed by atoms with E-state index in [4.69, 9.17) is 4.74 Å². The Balaban J connectivity index is 2.25. The summed E-state index contributed by atoms with van der Waals surface area (Å²) in [6.07, 6.45) is 6.41.